The Hall–Kier alpha value is -2.35. The highest BCUT2D eigenvalue weighted by molar-refractivity contribution is 5.73. The average molecular weight is 269 g/mol. The Labute approximate surface area is 109 Å². The number of carboxylic acid groups (broad SMARTS) is 1. The fraction of sp³-hybridized carbons (Fsp3) is 0.364. The van der Waals surface area contributed by atoms with Crippen LogP contribution in [0.3, 0.4) is 0 Å². The zero-order valence-corrected chi connectivity index (χ0v) is 10.1. The van der Waals surface area contributed by atoms with Crippen LogP contribution in [-0.2, 0) is 4.79 Å². The van der Waals surface area contributed by atoms with Gasteiger partial charge in [-0.3, -0.25) is 14.9 Å². The highest BCUT2D eigenvalue weighted by Gasteiger charge is 2.14. The topological polar surface area (TPSA) is 139 Å². The predicted octanol–water partition coefficient (Wildman–Crippen LogP) is 0.904. The highest BCUT2D eigenvalue weighted by Crippen LogP contribution is 2.28. The molecule has 104 valence electrons. The van der Waals surface area contributed by atoms with E-state index in [4.69, 9.17) is 10.8 Å². The first kappa shape index (κ1) is 14.7. The van der Waals surface area contributed by atoms with Gasteiger partial charge in [0.15, 0.2) is 0 Å². The van der Waals surface area contributed by atoms with Gasteiger partial charge in [-0.2, -0.15) is 0 Å². The van der Waals surface area contributed by atoms with E-state index in [2.05, 4.69) is 5.32 Å². The van der Waals surface area contributed by atoms with E-state index in [-0.39, 0.29) is 23.5 Å². The van der Waals surface area contributed by atoms with Crippen LogP contribution in [0, 0.1) is 10.1 Å². The molecule has 1 atom stereocenters. The second kappa shape index (κ2) is 6.55. The van der Waals surface area contributed by atoms with Crippen molar-refractivity contribution in [1.29, 1.82) is 0 Å². The molecule has 8 nitrogen and oxygen atoms in total. The smallest absolute Gasteiger partial charge is 0.320 e. The summed E-state index contributed by atoms with van der Waals surface area (Å²) in [6, 6.07) is 2.72. The molecule has 5 N–H and O–H groups in total. The normalized spacial score (nSPS) is 11.8. The quantitative estimate of drug-likeness (QED) is 0.327. The number of nitro groups is 1. The third-order valence-electron chi connectivity index (χ3n) is 2.50. The molecule has 8 heteroatoms. The van der Waals surface area contributed by atoms with E-state index >= 15 is 0 Å². The van der Waals surface area contributed by atoms with Gasteiger partial charge in [0, 0.05) is 18.7 Å². The molecule has 19 heavy (non-hydrogen) atoms. The molecular formula is C11H15N3O5. The number of nitrogens with zero attached hydrogens (tertiary/aromatic N) is 1. The largest absolute Gasteiger partial charge is 0.508 e. The van der Waals surface area contributed by atoms with Crippen LogP contribution in [0.5, 0.6) is 5.75 Å². The summed E-state index contributed by atoms with van der Waals surface area (Å²) in [5.41, 5.74) is 5.36. The predicted molar refractivity (Wildman–Crippen MR) is 68.1 cm³/mol. The highest BCUT2D eigenvalue weighted by atomic mass is 16.6. The lowest BCUT2D eigenvalue weighted by atomic mass is 10.1. The van der Waals surface area contributed by atoms with E-state index in [0.29, 0.717) is 13.0 Å². The second-order valence-electron chi connectivity index (χ2n) is 3.97. The molecular weight excluding hydrogens is 254 g/mol. The molecule has 0 aliphatic carbocycles. The molecule has 0 aliphatic heterocycles. The van der Waals surface area contributed by atoms with Gasteiger partial charge < -0.3 is 21.3 Å². The average Bonchev–Trinajstić information content (AvgIpc) is 2.33. The Morgan fingerprint density at radius 3 is 2.79 bits per heavy atom. The maximum atomic E-state index is 10.7. The minimum absolute atomic E-state index is 0.0877. The number of anilines is 1. The number of phenolic OH excluding ortho intramolecular Hbond substituents is 1. The molecule has 1 aromatic rings. The lowest BCUT2D eigenvalue weighted by molar-refractivity contribution is -0.384. The summed E-state index contributed by atoms with van der Waals surface area (Å²) in [5, 5.41) is 31.4. The summed E-state index contributed by atoms with van der Waals surface area (Å²) in [7, 11) is 0. The summed E-state index contributed by atoms with van der Waals surface area (Å²) in [6.45, 7) is 0.325. The van der Waals surface area contributed by atoms with Gasteiger partial charge in [-0.25, -0.2) is 0 Å². The van der Waals surface area contributed by atoms with Crippen LogP contribution < -0.4 is 11.1 Å². The van der Waals surface area contributed by atoms with Crippen LogP contribution in [0.1, 0.15) is 12.8 Å². The van der Waals surface area contributed by atoms with Crippen LogP contribution in [0.15, 0.2) is 18.2 Å². The van der Waals surface area contributed by atoms with E-state index in [1.165, 1.54) is 18.2 Å². The number of carboxylic acids is 1. The van der Waals surface area contributed by atoms with Gasteiger partial charge in [0.1, 0.15) is 17.5 Å². The van der Waals surface area contributed by atoms with Crippen LogP contribution in [0.25, 0.3) is 0 Å². The van der Waals surface area contributed by atoms with Gasteiger partial charge in [0.05, 0.1) is 4.92 Å². The molecule has 0 heterocycles. The third kappa shape index (κ3) is 4.43. The van der Waals surface area contributed by atoms with Crippen LogP contribution in [0.4, 0.5) is 11.4 Å². The molecule has 0 saturated heterocycles. The fourth-order valence-electron chi connectivity index (χ4n) is 1.49. The number of carbonyl (C=O) groups is 1. The summed E-state index contributed by atoms with van der Waals surface area (Å²) in [4.78, 5) is 20.7. The van der Waals surface area contributed by atoms with Crippen molar-refractivity contribution in [2.24, 2.45) is 5.73 Å². The molecule has 0 fully saturated rings. The summed E-state index contributed by atoms with van der Waals surface area (Å²) in [6.07, 6.45) is 0.704. The second-order valence-corrected chi connectivity index (χ2v) is 3.97. The molecule has 0 amide bonds. The van der Waals surface area contributed by atoms with E-state index in [0.717, 1.165) is 0 Å². The summed E-state index contributed by atoms with van der Waals surface area (Å²) >= 11 is 0. The van der Waals surface area contributed by atoms with Crippen molar-refractivity contribution in [1.82, 2.24) is 0 Å². The van der Waals surface area contributed by atoms with E-state index < -0.39 is 16.9 Å². The Morgan fingerprint density at radius 2 is 2.21 bits per heavy atom. The number of nitrogens with two attached hydrogens (primary N) is 1. The van der Waals surface area contributed by atoms with Crippen molar-refractivity contribution in [2.75, 3.05) is 11.9 Å². The molecule has 0 unspecified atom stereocenters. The van der Waals surface area contributed by atoms with Crippen LogP contribution >= 0.6 is 0 Å². The van der Waals surface area contributed by atoms with Gasteiger partial charge >= 0.3 is 5.97 Å². The SMILES string of the molecule is N[C@@H](CCCNc1cc(O)ccc1[N+](=O)[O-])C(=O)O. The number of benzene rings is 1. The van der Waals surface area contributed by atoms with Crippen molar-refractivity contribution in [3.05, 3.63) is 28.3 Å². The number of aromatic hydroxyl groups is 1. The van der Waals surface area contributed by atoms with Crippen molar-refractivity contribution < 1.29 is 19.9 Å². The van der Waals surface area contributed by atoms with Gasteiger partial charge in [-0.1, -0.05) is 0 Å². The molecule has 0 spiro atoms. The molecule has 0 aliphatic rings. The Bertz CT molecular complexity index is 477. The zero-order chi connectivity index (χ0) is 14.4. The standard InChI is InChI=1S/C11H15N3O5/c12-8(11(16)17)2-1-5-13-9-6-7(15)3-4-10(9)14(18)19/h3-4,6,8,13,15H,1-2,5,12H2,(H,16,17)/t8-/m0/s1. The first-order valence-corrected chi connectivity index (χ1v) is 5.61. The van der Waals surface area contributed by atoms with Crippen LogP contribution in [0.2, 0.25) is 0 Å². The number of hydrogen-bond acceptors (Lipinski definition) is 6. The summed E-state index contributed by atoms with van der Waals surface area (Å²) < 4.78 is 0. The molecule has 0 aromatic heterocycles. The molecule has 0 radical (unpaired) electrons. The van der Waals surface area contributed by atoms with E-state index in [1.54, 1.807) is 0 Å². The first-order chi connectivity index (χ1) is 8.91. The van der Waals surface area contributed by atoms with Crippen LogP contribution in [-0.4, -0.2) is 33.7 Å². The van der Waals surface area contributed by atoms with Crippen molar-refractivity contribution >= 4 is 17.3 Å². The minimum Gasteiger partial charge on any atom is -0.508 e. The Kier molecular flexibility index (Phi) is 5.07. The van der Waals surface area contributed by atoms with Gasteiger partial charge in [-0.05, 0) is 18.9 Å². The molecule has 0 bridgehead atoms. The van der Waals surface area contributed by atoms with Gasteiger partial charge in [0.25, 0.3) is 5.69 Å². The Morgan fingerprint density at radius 1 is 1.53 bits per heavy atom. The monoisotopic (exact) mass is 269 g/mol. The summed E-state index contributed by atoms with van der Waals surface area (Å²) in [5.74, 6) is -1.17. The lowest BCUT2D eigenvalue weighted by Crippen LogP contribution is -2.30. The number of nitrogens with one attached hydrogen (secondary N) is 1. The minimum atomic E-state index is -1.08. The molecule has 0 saturated carbocycles. The molecule has 1 aromatic carbocycles. The fourth-order valence-corrected chi connectivity index (χ4v) is 1.49. The number of nitro benzene ring substituents is 1. The Balaban J connectivity index is 2.55. The van der Waals surface area contributed by atoms with E-state index in [9.17, 15) is 20.0 Å². The number of phenols is 1. The van der Waals surface area contributed by atoms with Crippen molar-refractivity contribution in [3.8, 4) is 5.75 Å². The first-order valence-electron chi connectivity index (χ1n) is 5.61. The maximum Gasteiger partial charge on any atom is 0.320 e. The maximum absolute atomic E-state index is 10.7. The zero-order valence-electron chi connectivity index (χ0n) is 10.1. The molecule has 1 rings (SSSR count). The number of rotatable bonds is 7. The van der Waals surface area contributed by atoms with Gasteiger partial charge in [-0.15, -0.1) is 0 Å². The third-order valence-corrected chi connectivity index (χ3v) is 2.50. The number of aliphatic carboxylic acids is 1. The van der Waals surface area contributed by atoms with E-state index in [1.807, 2.05) is 0 Å². The lowest BCUT2D eigenvalue weighted by Gasteiger charge is -2.09. The van der Waals surface area contributed by atoms with Crippen molar-refractivity contribution in [3.63, 3.8) is 0 Å². The van der Waals surface area contributed by atoms with Crippen molar-refractivity contribution in [2.45, 2.75) is 18.9 Å². The number of hydrogen-bond donors (Lipinski definition) is 4. The van der Waals surface area contributed by atoms with Gasteiger partial charge in [0.2, 0.25) is 0 Å².